The van der Waals surface area contributed by atoms with Gasteiger partial charge in [-0.05, 0) is 54.8 Å². The molecule has 0 aliphatic heterocycles. The highest BCUT2D eigenvalue weighted by molar-refractivity contribution is 5.94. The number of hydrogen-bond acceptors (Lipinski definition) is 3. The van der Waals surface area contributed by atoms with E-state index in [1.54, 1.807) is 38.3 Å². The van der Waals surface area contributed by atoms with Gasteiger partial charge in [0.15, 0.2) is 6.10 Å². The largest absolute Gasteiger partial charge is 0.497 e. The van der Waals surface area contributed by atoms with Crippen molar-refractivity contribution in [1.82, 2.24) is 0 Å². The third-order valence-corrected chi connectivity index (χ3v) is 3.56. The van der Waals surface area contributed by atoms with Crippen molar-refractivity contribution in [2.45, 2.75) is 32.8 Å². The lowest BCUT2D eigenvalue weighted by Gasteiger charge is -2.16. The summed E-state index contributed by atoms with van der Waals surface area (Å²) in [6, 6.07) is 15.0. The third kappa shape index (κ3) is 4.74. The highest BCUT2D eigenvalue weighted by Gasteiger charge is 2.15. The van der Waals surface area contributed by atoms with E-state index in [1.165, 1.54) is 5.56 Å². The Morgan fingerprint density at radius 2 is 1.65 bits per heavy atom. The van der Waals surface area contributed by atoms with Crippen LogP contribution in [0.4, 0.5) is 5.69 Å². The number of amides is 1. The minimum Gasteiger partial charge on any atom is -0.497 e. The van der Waals surface area contributed by atoms with Gasteiger partial charge in [0.2, 0.25) is 0 Å². The van der Waals surface area contributed by atoms with Crippen LogP contribution in [0.5, 0.6) is 11.5 Å². The molecule has 2 aromatic rings. The van der Waals surface area contributed by atoms with E-state index in [1.807, 2.05) is 18.2 Å². The molecule has 0 radical (unpaired) electrons. The molecule has 1 amide bonds. The van der Waals surface area contributed by atoms with E-state index in [-0.39, 0.29) is 5.91 Å². The van der Waals surface area contributed by atoms with Crippen molar-refractivity contribution in [2.75, 3.05) is 12.4 Å². The Morgan fingerprint density at radius 3 is 2.26 bits per heavy atom. The second-order valence-corrected chi connectivity index (χ2v) is 5.71. The minimum absolute atomic E-state index is 0.179. The zero-order valence-electron chi connectivity index (χ0n) is 14.0. The van der Waals surface area contributed by atoms with Gasteiger partial charge in [0.05, 0.1) is 7.11 Å². The van der Waals surface area contributed by atoms with Crippen LogP contribution < -0.4 is 14.8 Å². The third-order valence-electron chi connectivity index (χ3n) is 3.56. The maximum Gasteiger partial charge on any atom is 0.265 e. The Labute approximate surface area is 137 Å². The van der Waals surface area contributed by atoms with Gasteiger partial charge in [-0.25, -0.2) is 0 Å². The Bertz CT molecular complexity index is 650. The average molecular weight is 313 g/mol. The molecule has 0 fully saturated rings. The van der Waals surface area contributed by atoms with Crippen molar-refractivity contribution in [3.63, 3.8) is 0 Å². The summed E-state index contributed by atoms with van der Waals surface area (Å²) in [4.78, 5) is 12.3. The molecule has 0 aliphatic carbocycles. The zero-order valence-corrected chi connectivity index (χ0v) is 14.0. The van der Waals surface area contributed by atoms with E-state index in [0.29, 0.717) is 11.7 Å². The van der Waals surface area contributed by atoms with Gasteiger partial charge in [0, 0.05) is 5.69 Å². The average Bonchev–Trinajstić information content (AvgIpc) is 2.55. The van der Waals surface area contributed by atoms with Gasteiger partial charge in [-0.1, -0.05) is 26.0 Å². The topological polar surface area (TPSA) is 47.6 Å². The number of nitrogens with one attached hydrogen (secondary N) is 1. The van der Waals surface area contributed by atoms with Crippen LogP contribution >= 0.6 is 0 Å². The maximum atomic E-state index is 12.3. The van der Waals surface area contributed by atoms with E-state index in [0.717, 1.165) is 11.4 Å². The zero-order chi connectivity index (χ0) is 16.8. The van der Waals surface area contributed by atoms with Gasteiger partial charge in [-0.3, -0.25) is 4.79 Å². The molecule has 0 heterocycles. The molecule has 2 aromatic carbocycles. The molecule has 0 spiro atoms. The van der Waals surface area contributed by atoms with Crippen molar-refractivity contribution < 1.29 is 14.3 Å². The first-order valence-corrected chi connectivity index (χ1v) is 7.71. The number of benzene rings is 2. The highest BCUT2D eigenvalue weighted by Crippen LogP contribution is 2.20. The van der Waals surface area contributed by atoms with Crippen LogP contribution in [0.2, 0.25) is 0 Å². The second-order valence-electron chi connectivity index (χ2n) is 5.71. The predicted octanol–water partition coefficient (Wildman–Crippen LogP) is 4.22. The first kappa shape index (κ1) is 16.9. The minimum atomic E-state index is -0.592. The molecule has 1 atom stereocenters. The fraction of sp³-hybridized carbons (Fsp3) is 0.316. The SMILES string of the molecule is COc1ccc(OC(C)C(=O)Nc2cccc(C(C)C)c2)cc1. The van der Waals surface area contributed by atoms with Crippen LogP contribution in [-0.4, -0.2) is 19.1 Å². The van der Waals surface area contributed by atoms with Gasteiger partial charge in [0.1, 0.15) is 11.5 Å². The van der Waals surface area contributed by atoms with Gasteiger partial charge >= 0.3 is 0 Å². The number of carbonyl (C=O) groups excluding carboxylic acids is 1. The monoisotopic (exact) mass is 313 g/mol. The molecule has 0 saturated carbocycles. The summed E-state index contributed by atoms with van der Waals surface area (Å²) in [5.74, 6) is 1.62. The Morgan fingerprint density at radius 1 is 1.00 bits per heavy atom. The highest BCUT2D eigenvalue weighted by atomic mass is 16.5. The first-order chi connectivity index (χ1) is 11.0. The Kier molecular flexibility index (Phi) is 5.63. The smallest absolute Gasteiger partial charge is 0.265 e. The van der Waals surface area contributed by atoms with E-state index in [4.69, 9.17) is 9.47 Å². The molecule has 122 valence electrons. The summed E-state index contributed by atoms with van der Waals surface area (Å²) in [7, 11) is 1.61. The van der Waals surface area contributed by atoms with Crippen LogP contribution in [0.3, 0.4) is 0 Å². The van der Waals surface area contributed by atoms with E-state index >= 15 is 0 Å². The molecule has 0 bridgehead atoms. The molecule has 0 saturated heterocycles. The molecule has 1 N–H and O–H groups in total. The maximum absolute atomic E-state index is 12.3. The number of carbonyl (C=O) groups is 1. The lowest BCUT2D eigenvalue weighted by molar-refractivity contribution is -0.122. The number of ether oxygens (including phenoxy) is 2. The van der Waals surface area contributed by atoms with Crippen LogP contribution in [-0.2, 0) is 4.79 Å². The van der Waals surface area contributed by atoms with E-state index in [2.05, 4.69) is 25.2 Å². The summed E-state index contributed by atoms with van der Waals surface area (Å²) in [5.41, 5.74) is 1.97. The number of hydrogen-bond donors (Lipinski definition) is 1. The van der Waals surface area contributed by atoms with Gasteiger partial charge < -0.3 is 14.8 Å². The fourth-order valence-corrected chi connectivity index (χ4v) is 2.13. The molecule has 2 rings (SSSR count). The molecular formula is C19H23NO3. The molecule has 0 aliphatic rings. The molecule has 4 heteroatoms. The summed E-state index contributed by atoms with van der Waals surface area (Å²) in [6.45, 7) is 5.97. The summed E-state index contributed by atoms with van der Waals surface area (Å²) in [5, 5.41) is 2.89. The van der Waals surface area contributed by atoms with Crippen molar-refractivity contribution in [1.29, 1.82) is 0 Å². The number of rotatable bonds is 6. The Balaban J connectivity index is 1.97. The Hall–Kier alpha value is -2.49. The van der Waals surface area contributed by atoms with Crippen molar-refractivity contribution in [3.8, 4) is 11.5 Å². The predicted molar refractivity (Wildman–Crippen MR) is 92.2 cm³/mol. The van der Waals surface area contributed by atoms with Crippen molar-refractivity contribution in [2.24, 2.45) is 0 Å². The van der Waals surface area contributed by atoms with Crippen LogP contribution in [0, 0.1) is 0 Å². The van der Waals surface area contributed by atoms with E-state index < -0.39 is 6.10 Å². The summed E-state index contributed by atoms with van der Waals surface area (Å²) >= 11 is 0. The van der Waals surface area contributed by atoms with Crippen LogP contribution in [0.1, 0.15) is 32.3 Å². The standard InChI is InChI=1S/C19H23NO3/c1-13(2)15-6-5-7-16(12-15)20-19(21)14(3)23-18-10-8-17(22-4)9-11-18/h5-14H,1-4H3,(H,20,21). The fourth-order valence-electron chi connectivity index (χ4n) is 2.13. The van der Waals surface area contributed by atoms with Crippen molar-refractivity contribution >= 4 is 11.6 Å². The van der Waals surface area contributed by atoms with Gasteiger partial charge in [-0.2, -0.15) is 0 Å². The lowest BCUT2D eigenvalue weighted by atomic mass is 10.0. The van der Waals surface area contributed by atoms with Gasteiger partial charge in [-0.15, -0.1) is 0 Å². The van der Waals surface area contributed by atoms with Crippen LogP contribution in [0.25, 0.3) is 0 Å². The van der Waals surface area contributed by atoms with Crippen molar-refractivity contribution in [3.05, 3.63) is 54.1 Å². The summed E-state index contributed by atoms with van der Waals surface area (Å²) < 4.78 is 10.8. The number of methoxy groups -OCH3 is 1. The second kappa shape index (κ2) is 7.68. The quantitative estimate of drug-likeness (QED) is 0.868. The molecule has 4 nitrogen and oxygen atoms in total. The normalized spacial score (nSPS) is 11.9. The van der Waals surface area contributed by atoms with E-state index in [9.17, 15) is 4.79 Å². The number of anilines is 1. The lowest BCUT2D eigenvalue weighted by Crippen LogP contribution is -2.30. The van der Waals surface area contributed by atoms with Crippen LogP contribution in [0.15, 0.2) is 48.5 Å². The molecule has 1 unspecified atom stereocenters. The molecule has 23 heavy (non-hydrogen) atoms. The molecular weight excluding hydrogens is 290 g/mol. The first-order valence-electron chi connectivity index (χ1n) is 7.71. The summed E-state index contributed by atoms with van der Waals surface area (Å²) in [6.07, 6.45) is -0.592. The molecule has 0 aromatic heterocycles. The van der Waals surface area contributed by atoms with Gasteiger partial charge in [0.25, 0.3) is 5.91 Å².